The summed E-state index contributed by atoms with van der Waals surface area (Å²) < 4.78 is 21.8. The third-order valence-electron chi connectivity index (χ3n) is 4.78. The van der Waals surface area contributed by atoms with Gasteiger partial charge in [-0.1, -0.05) is 0 Å². The van der Waals surface area contributed by atoms with E-state index in [1.54, 1.807) is 19.2 Å². The third-order valence-corrected chi connectivity index (χ3v) is 4.78. The molecule has 1 saturated heterocycles. The van der Waals surface area contributed by atoms with Crippen LogP contribution >= 0.6 is 0 Å². The fraction of sp³-hybridized carbons (Fsp3) is 0.450. The fourth-order valence-corrected chi connectivity index (χ4v) is 3.52. The lowest BCUT2D eigenvalue weighted by Gasteiger charge is -2.33. The number of amides is 1. The summed E-state index contributed by atoms with van der Waals surface area (Å²) in [6.45, 7) is 2.88. The fourth-order valence-electron chi connectivity index (χ4n) is 3.52. The first-order valence-corrected chi connectivity index (χ1v) is 9.26. The van der Waals surface area contributed by atoms with Crippen LogP contribution in [0, 0.1) is 0 Å². The SMILES string of the molecule is COCc1ccc(C(=O)N2CCC[C@@H](Nc3ccc4c(c3)OCCO4)C2)o1. The molecule has 0 bridgehead atoms. The van der Waals surface area contributed by atoms with Gasteiger partial charge in [-0.2, -0.15) is 0 Å². The number of anilines is 1. The molecule has 2 aromatic rings. The van der Waals surface area contributed by atoms with Crippen LogP contribution in [0.4, 0.5) is 5.69 Å². The van der Waals surface area contributed by atoms with Gasteiger partial charge in [0, 0.05) is 38.0 Å². The summed E-state index contributed by atoms with van der Waals surface area (Å²) in [5.74, 6) is 2.48. The van der Waals surface area contributed by atoms with Gasteiger partial charge in [-0.15, -0.1) is 0 Å². The maximum Gasteiger partial charge on any atom is 0.289 e. The van der Waals surface area contributed by atoms with Gasteiger partial charge in [-0.05, 0) is 37.1 Å². The zero-order chi connectivity index (χ0) is 18.6. The largest absolute Gasteiger partial charge is 0.486 e. The summed E-state index contributed by atoms with van der Waals surface area (Å²) in [5.41, 5.74) is 0.971. The van der Waals surface area contributed by atoms with Gasteiger partial charge < -0.3 is 28.8 Å². The maximum atomic E-state index is 12.7. The molecule has 27 heavy (non-hydrogen) atoms. The molecular formula is C20H24N2O5. The van der Waals surface area contributed by atoms with Crippen molar-refractivity contribution in [3.63, 3.8) is 0 Å². The summed E-state index contributed by atoms with van der Waals surface area (Å²) in [5, 5.41) is 3.51. The minimum absolute atomic E-state index is 0.0778. The molecular weight excluding hydrogens is 348 g/mol. The number of methoxy groups -OCH3 is 1. The van der Waals surface area contributed by atoms with Crippen molar-refractivity contribution in [2.75, 3.05) is 38.7 Å². The lowest BCUT2D eigenvalue weighted by atomic mass is 10.0. The van der Waals surface area contributed by atoms with Gasteiger partial charge in [0.2, 0.25) is 0 Å². The standard InChI is InChI=1S/C20H24N2O5/c1-24-13-16-5-7-18(27-16)20(23)22-8-2-3-15(12-22)21-14-4-6-17-19(11-14)26-10-9-25-17/h4-7,11,15,21H,2-3,8-10,12-13H2,1H3/t15-/m1/s1. The van der Waals surface area contributed by atoms with E-state index in [1.165, 1.54) is 0 Å². The average Bonchev–Trinajstić information content (AvgIpc) is 3.16. The number of hydrogen-bond acceptors (Lipinski definition) is 6. The summed E-state index contributed by atoms with van der Waals surface area (Å²) in [7, 11) is 1.60. The first-order valence-electron chi connectivity index (χ1n) is 9.26. The van der Waals surface area contributed by atoms with Crippen molar-refractivity contribution in [1.82, 2.24) is 4.90 Å². The highest BCUT2D eigenvalue weighted by Gasteiger charge is 2.26. The monoisotopic (exact) mass is 372 g/mol. The molecule has 2 aliphatic rings. The van der Waals surface area contributed by atoms with Crippen LogP contribution in [0.1, 0.15) is 29.2 Å². The number of hydrogen-bond donors (Lipinski definition) is 1. The molecule has 1 aromatic carbocycles. The molecule has 0 spiro atoms. The minimum Gasteiger partial charge on any atom is -0.486 e. The van der Waals surface area contributed by atoms with E-state index >= 15 is 0 Å². The number of carbonyl (C=O) groups is 1. The Morgan fingerprint density at radius 1 is 1.22 bits per heavy atom. The number of ether oxygens (including phenoxy) is 3. The summed E-state index contributed by atoms with van der Waals surface area (Å²) >= 11 is 0. The van der Waals surface area contributed by atoms with Gasteiger partial charge in [0.15, 0.2) is 17.3 Å². The topological polar surface area (TPSA) is 73.2 Å². The van der Waals surface area contributed by atoms with Crippen LogP contribution in [0.15, 0.2) is 34.7 Å². The Hall–Kier alpha value is -2.67. The molecule has 1 atom stereocenters. The van der Waals surface area contributed by atoms with E-state index in [-0.39, 0.29) is 11.9 Å². The molecule has 0 saturated carbocycles. The van der Waals surface area contributed by atoms with Crippen molar-refractivity contribution in [3.8, 4) is 11.5 Å². The van der Waals surface area contributed by atoms with E-state index in [2.05, 4.69) is 5.32 Å². The van der Waals surface area contributed by atoms with Crippen molar-refractivity contribution in [2.24, 2.45) is 0 Å². The normalized spacial score (nSPS) is 19.0. The molecule has 1 fully saturated rings. The van der Waals surface area contributed by atoms with E-state index < -0.39 is 0 Å². The van der Waals surface area contributed by atoms with Crippen molar-refractivity contribution < 1.29 is 23.4 Å². The Bertz CT molecular complexity index is 803. The van der Waals surface area contributed by atoms with Gasteiger partial charge in [-0.3, -0.25) is 4.79 Å². The maximum absolute atomic E-state index is 12.7. The Morgan fingerprint density at radius 2 is 2.07 bits per heavy atom. The van der Waals surface area contributed by atoms with Gasteiger partial charge >= 0.3 is 0 Å². The molecule has 0 aliphatic carbocycles. The van der Waals surface area contributed by atoms with Crippen LogP contribution in [0.25, 0.3) is 0 Å². The molecule has 1 aromatic heterocycles. The molecule has 3 heterocycles. The zero-order valence-corrected chi connectivity index (χ0v) is 15.4. The molecule has 0 unspecified atom stereocenters. The molecule has 1 N–H and O–H groups in total. The quantitative estimate of drug-likeness (QED) is 0.870. The Kier molecular flexibility index (Phi) is 5.20. The first kappa shape index (κ1) is 17.7. The molecule has 0 radical (unpaired) electrons. The molecule has 144 valence electrons. The average molecular weight is 372 g/mol. The van der Waals surface area contributed by atoms with Gasteiger partial charge in [0.05, 0.1) is 0 Å². The van der Waals surface area contributed by atoms with Crippen molar-refractivity contribution in [1.29, 1.82) is 0 Å². The number of likely N-dealkylation sites (tertiary alicyclic amines) is 1. The van der Waals surface area contributed by atoms with Gasteiger partial charge in [0.25, 0.3) is 5.91 Å². The van der Waals surface area contributed by atoms with Crippen molar-refractivity contribution in [2.45, 2.75) is 25.5 Å². The molecule has 2 aliphatic heterocycles. The zero-order valence-electron chi connectivity index (χ0n) is 15.4. The second kappa shape index (κ2) is 7.92. The van der Waals surface area contributed by atoms with Crippen LogP contribution in [0.3, 0.4) is 0 Å². The van der Waals surface area contributed by atoms with Crippen molar-refractivity contribution >= 4 is 11.6 Å². The van der Waals surface area contributed by atoms with E-state index in [0.29, 0.717) is 37.9 Å². The molecule has 4 rings (SSSR count). The summed E-state index contributed by atoms with van der Waals surface area (Å²) in [6, 6.07) is 9.54. The van der Waals surface area contributed by atoms with Crippen LogP contribution < -0.4 is 14.8 Å². The van der Waals surface area contributed by atoms with E-state index in [9.17, 15) is 4.79 Å². The van der Waals surface area contributed by atoms with Gasteiger partial charge in [-0.25, -0.2) is 0 Å². The highest BCUT2D eigenvalue weighted by Crippen LogP contribution is 2.33. The van der Waals surface area contributed by atoms with E-state index in [4.69, 9.17) is 18.6 Å². The highest BCUT2D eigenvalue weighted by atomic mass is 16.6. The summed E-state index contributed by atoms with van der Waals surface area (Å²) in [4.78, 5) is 14.6. The Morgan fingerprint density at radius 3 is 2.93 bits per heavy atom. The molecule has 7 heteroatoms. The minimum atomic E-state index is -0.0778. The van der Waals surface area contributed by atoms with Crippen LogP contribution in [-0.2, 0) is 11.3 Å². The van der Waals surface area contributed by atoms with Gasteiger partial charge in [0.1, 0.15) is 25.6 Å². The van der Waals surface area contributed by atoms with Crippen molar-refractivity contribution in [3.05, 3.63) is 41.9 Å². The number of carbonyl (C=O) groups excluding carboxylic acids is 1. The molecule has 7 nitrogen and oxygen atoms in total. The molecule has 1 amide bonds. The van der Waals surface area contributed by atoms with Crippen LogP contribution in [-0.4, -0.2) is 50.3 Å². The lowest BCUT2D eigenvalue weighted by Crippen LogP contribution is -2.45. The number of nitrogens with zero attached hydrogens (tertiary/aromatic N) is 1. The highest BCUT2D eigenvalue weighted by molar-refractivity contribution is 5.91. The number of nitrogens with one attached hydrogen (secondary N) is 1. The Balaban J connectivity index is 1.39. The third kappa shape index (κ3) is 4.03. The van der Waals surface area contributed by atoms with E-state index in [1.807, 2.05) is 23.1 Å². The first-order chi connectivity index (χ1) is 13.2. The number of piperidine rings is 1. The second-order valence-corrected chi connectivity index (χ2v) is 6.79. The van der Waals surface area contributed by atoms with Crippen LogP contribution in [0.2, 0.25) is 0 Å². The predicted molar refractivity (Wildman–Crippen MR) is 99.4 cm³/mol. The number of rotatable bonds is 5. The summed E-state index contributed by atoms with van der Waals surface area (Å²) in [6.07, 6.45) is 1.95. The second-order valence-electron chi connectivity index (χ2n) is 6.79. The number of fused-ring (bicyclic) bond motifs is 1. The Labute approximate surface area is 158 Å². The van der Waals surface area contributed by atoms with E-state index in [0.717, 1.165) is 36.6 Å². The van der Waals surface area contributed by atoms with Crippen LogP contribution in [0.5, 0.6) is 11.5 Å². The lowest BCUT2D eigenvalue weighted by molar-refractivity contribution is 0.0675. The number of benzene rings is 1. The predicted octanol–water partition coefficient (Wildman–Crippen LogP) is 2.91. The number of furan rings is 1. The smallest absolute Gasteiger partial charge is 0.289 e.